The molecule has 0 aliphatic heterocycles. The second-order valence-electron chi connectivity index (χ2n) is 3.12. The van der Waals surface area contributed by atoms with Crippen LogP contribution in [0.25, 0.3) is 0 Å². The highest BCUT2D eigenvalue weighted by Crippen LogP contribution is 2.15. The van der Waals surface area contributed by atoms with E-state index in [2.05, 4.69) is 27.8 Å². The Bertz CT molecular complexity index is 325. The molecule has 0 atom stereocenters. The number of ketones is 1. The summed E-state index contributed by atoms with van der Waals surface area (Å²) >= 11 is 3.17. The Labute approximate surface area is 93.0 Å². The van der Waals surface area contributed by atoms with Crippen LogP contribution in [0.3, 0.4) is 0 Å². The first-order chi connectivity index (χ1) is 6.69. The van der Waals surface area contributed by atoms with Crippen LogP contribution in [0.2, 0.25) is 0 Å². The summed E-state index contributed by atoms with van der Waals surface area (Å²) in [6.45, 7) is 3.02. The van der Waals surface area contributed by atoms with Crippen LogP contribution in [-0.4, -0.2) is 24.7 Å². The number of anilines is 1. The van der Waals surface area contributed by atoms with Crippen LogP contribution in [0.5, 0.6) is 0 Å². The van der Waals surface area contributed by atoms with Gasteiger partial charge in [-0.05, 0) is 19.1 Å². The van der Waals surface area contributed by atoms with Crippen LogP contribution < -0.4 is 4.90 Å². The number of benzene rings is 1. The van der Waals surface area contributed by atoms with Gasteiger partial charge in [-0.3, -0.25) is 4.79 Å². The van der Waals surface area contributed by atoms with Gasteiger partial charge in [0, 0.05) is 24.8 Å². The lowest BCUT2D eigenvalue weighted by Gasteiger charge is -2.17. The number of carbonyl (C=O) groups is 1. The zero-order valence-electron chi connectivity index (χ0n) is 8.46. The molecule has 0 aliphatic carbocycles. The van der Waals surface area contributed by atoms with E-state index in [0.29, 0.717) is 5.33 Å². The average Bonchev–Trinajstić information content (AvgIpc) is 2.27. The molecule has 0 aromatic heterocycles. The van der Waals surface area contributed by atoms with Crippen molar-refractivity contribution in [2.45, 2.75) is 6.92 Å². The maximum Gasteiger partial charge on any atom is 0.173 e. The third kappa shape index (κ3) is 2.58. The van der Waals surface area contributed by atoms with Gasteiger partial charge < -0.3 is 4.90 Å². The van der Waals surface area contributed by atoms with Crippen molar-refractivity contribution in [3.05, 3.63) is 29.8 Å². The van der Waals surface area contributed by atoms with Gasteiger partial charge in [-0.25, -0.2) is 0 Å². The number of nitrogens with zero attached hydrogens (tertiary/aromatic N) is 1. The first kappa shape index (κ1) is 11.2. The van der Waals surface area contributed by atoms with Gasteiger partial charge in [0.2, 0.25) is 0 Å². The van der Waals surface area contributed by atoms with Crippen LogP contribution in [0.4, 0.5) is 5.69 Å². The van der Waals surface area contributed by atoms with E-state index in [1.165, 1.54) is 0 Å². The highest BCUT2D eigenvalue weighted by molar-refractivity contribution is 9.09. The van der Waals surface area contributed by atoms with E-state index in [4.69, 9.17) is 0 Å². The van der Waals surface area contributed by atoms with E-state index in [0.717, 1.165) is 17.8 Å². The van der Waals surface area contributed by atoms with Crippen LogP contribution in [0.1, 0.15) is 17.3 Å². The lowest BCUT2D eigenvalue weighted by Crippen LogP contribution is -2.16. The summed E-state index contributed by atoms with van der Waals surface area (Å²) in [7, 11) is 2.01. The van der Waals surface area contributed by atoms with Gasteiger partial charge in [0.15, 0.2) is 5.78 Å². The molecule has 0 fully saturated rings. The monoisotopic (exact) mass is 255 g/mol. The fraction of sp³-hybridized carbons (Fsp3) is 0.364. The second-order valence-corrected chi connectivity index (χ2v) is 3.68. The number of carbonyl (C=O) groups excluding carboxylic acids is 1. The number of rotatable bonds is 4. The maximum absolute atomic E-state index is 11.4. The lowest BCUT2D eigenvalue weighted by atomic mass is 10.1. The topological polar surface area (TPSA) is 20.3 Å². The van der Waals surface area contributed by atoms with Crippen molar-refractivity contribution in [1.29, 1.82) is 0 Å². The third-order valence-electron chi connectivity index (χ3n) is 2.20. The predicted molar refractivity (Wildman–Crippen MR) is 63.5 cm³/mol. The van der Waals surface area contributed by atoms with Crippen molar-refractivity contribution < 1.29 is 4.79 Å². The molecule has 2 nitrogen and oxygen atoms in total. The smallest absolute Gasteiger partial charge is 0.173 e. The van der Waals surface area contributed by atoms with Crippen LogP contribution in [0, 0.1) is 0 Å². The minimum Gasteiger partial charge on any atom is -0.375 e. The van der Waals surface area contributed by atoms with Gasteiger partial charge in [0.1, 0.15) is 0 Å². The molecule has 1 rings (SSSR count). The van der Waals surface area contributed by atoms with Crippen molar-refractivity contribution in [2.24, 2.45) is 0 Å². The predicted octanol–water partition coefficient (Wildman–Crippen LogP) is 2.72. The Morgan fingerprint density at radius 2 is 2.21 bits per heavy atom. The molecule has 0 spiro atoms. The van der Waals surface area contributed by atoms with Crippen molar-refractivity contribution in [3.63, 3.8) is 0 Å². The van der Waals surface area contributed by atoms with E-state index in [1.807, 2.05) is 31.3 Å². The maximum atomic E-state index is 11.4. The van der Waals surface area contributed by atoms with Crippen molar-refractivity contribution >= 4 is 27.4 Å². The van der Waals surface area contributed by atoms with Gasteiger partial charge in [0.05, 0.1) is 5.33 Å². The molecular formula is C11H14BrNO. The van der Waals surface area contributed by atoms with E-state index >= 15 is 0 Å². The molecule has 0 saturated carbocycles. The molecule has 3 heteroatoms. The summed E-state index contributed by atoms with van der Waals surface area (Å²) < 4.78 is 0. The quantitative estimate of drug-likeness (QED) is 0.609. The highest BCUT2D eigenvalue weighted by atomic mass is 79.9. The Balaban J connectivity index is 2.95. The molecule has 0 heterocycles. The lowest BCUT2D eigenvalue weighted by molar-refractivity contribution is 0.102. The summed E-state index contributed by atoms with van der Waals surface area (Å²) in [4.78, 5) is 13.5. The van der Waals surface area contributed by atoms with Crippen molar-refractivity contribution in [3.8, 4) is 0 Å². The van der Waals surface area contributed by atoms with Crippen molar-refractivity contribution in [2.75, 3.05) is 23.8 Å². The Morgan fingerprint density at radius 3 is 2.79 bits per heavy atom. The largest absolute Gasteiger partial charge is 0.375 e. The summed E-state index contributed by atoms with van der Waals surface area (Å²) in [5, 5.41) is 0.381. The van der Waals surface area contributed by atoms with Gasteiger partial charge in [-0.15, -0.1) is 0 Å². The molecule has 0 radical (unpaired) electrons. The summed E-state index contributed by atoms with van der Waals surface area (Å²) in [6, 6.07) is 7.69. The molecule has 76 valence electrons. The fourth-order valence-electron chi connectivity index (χ4n) is 1.18. The number of alkyl halides is 1. The number of hydrogen-bond acceptors (Lipinski definition) is 2. The van der Waals surface area contributed by atoms with E-state index in [1.54, 1.807) is 0 Å². The summed E-state index contributed by atoms with van der Waals surface area (Å²) in [5.74, 6) is 0.122. The molecule has 14 heavy (non-hydrogen) atoms. The van der Waals surface area contributed by atoms with Gasteiger partial charge in [-0.1, -0.05) is 28.1 Å². The number of hydrogen-bond donors (Lipinski definition) is 0. The number of halogens is 1. The highest BCUT2D eigenvalue weighted by Gasteiger charge is 2.05. The van der Waals surface area contributed by atoms with Gasteiger partial charge >= 0.3 is 0 Å². The summed E-state index contributed by atoms with van der Waals surface area (Å²) in [5.41, 5.74) is 1.85. The molecule has 0 N–H and O–H groups in total. The average molecular weight is 256 g/mol. The molecule has 0 amide bonds. The molecule has 0 aliphatic rings. The molecule has 0 saturated heterocycles. The fourth-order valence-corrected chi connectivity index (χ4v) is 1.50. The molecule has 1 aromatic carbocycles. The Kier molecular flexibility index (Phi) is 4.14. The minimum absolute atomic E-state index is 0.122. The molecule has 0 bridgehead atoms. The van der Waals surface area contributed by atoms with E-state index < -0.39 is 0 Å². The molecular weight excluding hydrogens is 242 g/mol. The first-order valence-electron chi connectivity index (χ1n) is 4.59. The van der Waals surface area contributed by atoms with Crippen molar-refractivity contribution in [1.82, 2.24) is 0 Å². The molecule has 1 aromatic rings. The third-order valence-corrected chi connectivity index (χ3v) is 2.71. The second kappa shape index (κ2) is 5.15. The number of Topliss-reactive ketones (excluding diaryl/α,β-unsaturated/α-hetero) is 1. The standard InChI is InChI=1S/C11H14BrNO/c1-3-13(2)10-6-4-5-9(7-10)11(14)8-12/h4-7H,3,8H2,1-2H3. The van der Waals surface area contributed by atoms with E-state index in [-0.39, 0.29) is 5.78 Å². The Morgan fingerprint density at radius 1 is 1.50 bits per heavy atom. The van der Waals surface area contributed by atoms with Gasteiger partial charge in [0.25, 0.3) is 0 Å². The summed E-state index contributed by atoms with van der Waals surface area (Å²) in [6.07, 6.45) is 0. The Hall–Kier alpha value is -0.830. The van der Waals surface area contributed by atoms with Crippen LogP contribution in [-0.2, 0) is 0 Å². The first-order valence-corrected chi connectivity index (χ1v) is 5.71. The van der Waals surface area contributed by atoms with Crippen LogP contribution in [0.15, 0.2) is 24.3 Å². The van der Waals surface area contributed by atoms with Gasteiger partial charge in [-0.2, -0.15) is 0 Å². The normalized spacial score (nSPS) is 9.93. The van der Waals surface area contributed by atoms with Crippen LogP contribution >= 0.6 is 15.9 Å². The zero-order chi connectivity index (χ0) is 10.6. The molecule has 0 unspecified atom stereocenters. The SMILES string of the molecule is CCN(C)c1cccc(C(=O)CBr)c1. The van der Waals surface area contributed by atoms with E-state index in [9.17, 15) is 4.79 Å². The zero-order valence-corrected chi connectivity index (χ0v) is 10.0. The minimum atomic E-state index is 0.122.